The van der Waals surface area contributed by atoms with Gasteiger partial charge in [0.05, 0.1) is 0 Å². The van der Waals surface area contributed by atoms with Crippen molar-refractivity contribution in [3.8, 4) is 0 Å². The molecule has 1 rings (SSSR count). The fraction of sp³-hybridized carbons (Fsp3) is 0.917. The van der Waals surface area contributed by atoms with E-state index in [1.165, 1.54) is 12.8 Å². The van der Waals surface area contributed by atoms with Gasteiger partial charge in [0, 0.05) is 23.8 Å². The summed E-state index contributed by atoms with van der Waals surface area (Å²) in [6, 6.07) is 0.395. The van der Waals surface area contributed by atoms with Crippen LogP contribution in [0, 0.1) is 5.92 Å². The van der Waals surface area contributed by atoms with Crippen LogP contribution in [0.15, 0.2) is 0 Å². The molecule has 2 N–H and O–H groups in total. The molecule has 0 aromatic heterocycles. The van der Waals surface area contributed by atoms with Crippen molar-refractivity contribution in [3.63, 3.8) is 0 Å². The molecule has 0 heterocycles. The van der Waals surface area contributed by atoms with Gasteiger partial charge >= 0.3 is 0 Å². The van der Waals surface area contributed by atoms with Gasteiger partial charge in [-0.15, -0.1) is 0 Å². The van der Waals surface area contributed by atoms with Crippen LogP contribution in [-0.2, 0) is 4.79 Å². The van der Waals surface area contributed by atoms with E-state index in [1.807, 2.05) is 18.7 Å². The van der Waals surface area contributed by atoms with Gasteiger partial charge < -0.3 is 10.6 Å². The van der Waals surface area contributed by atoms with Gasteiger partial charge in [0.2, 0.25) is 5.91 Å². The van der Waals surface area contributed by atoms with Crippen LogP contribution in [0.5, 0.6) is 0 Å². The van der Waals surface area contributed by atoms with E-state index >= 15 is 0 Å². The summed E-state index contributed by atoms with van der Waals surface area (Å²) in [5, 5.41) is 7.02. The molecular formula is C12H24N2OS. The monoisotopic (exact) mass is 244 g/mol. The molecule has 1 saturated carbocycles. The summed E-state index contributed by atoms with van der Waals surface area (Å²) in [7, 11) is 0. The molecule has 0 spiro atoms. The van der Waals surface area contributed by atoms with Crippen molar-refractivity contribution < 1.29 is 4.79 Å². The first-order valence-electron chi connectivity index (χ1n) is 6.23. The molecule has 3 nitrogen and oxygen atoms in total. The van der Waals surface area contributed by atoms with Gasteiger partial charge in [0.1, 0.15) is 0 Å². The zero-order valence-corrected chi connectivity index (χ0v) is 11.4. The van der Waals surface area contributed by atoms with Crippen LogP contribution < -0.4 is 10.6 Å². The molecule has 16 heavy (non-hydrogen) atoms. The van der Waals surface area contributed by atoms with Crippen molar-refractivity contribution in [3.05, 3.63) is 0 Å². The maximum atomic E-state index is 11.9. The van der Waals surface area contributed by atoms with E-state index in [2.05, 4.69) is 23.8 Å². The molecule has 0 saturated heterocycles. The number of nitrogens with one attached hydrogen (secondary N) is 2. The van der Waals surface area contributed by atoms with Gasteiger partial charge in [0.15, 0.2) is 0 Å². The lowest BCUT2D eigenvalue weighted by Crippen LogP contribution is -2.43. The summed E-state index contributed by atoms with van der Waals surface area (Å²) >= 11 is 1.88. The quantitative estimate of drug-likeness (QED) is 0.746. The minimum absolute atomic E-state index is 0.0723. The highest BCUT2D eigenvalue weighted by Gasteiger charge is 2.28. The third-order valence-corrected chi connectivity index (χ3v) is 4.40. The van der Waals surface area contributed by atoms with Crippen LogP contribution in [0.2, 0.25) is 0 Å². The lowest BCUT2D eigenvalue weighted by Gasteiger charge is -2.21. The molecule has 4 heteroatoms. The first kappa shape index (κ1) is 13.8. The van der Waals surface area contributed by atoms with Crippen LogP contribution >= 0.6 is 11.8 Å². The Hall–Kier alpha value is -0.220. The highest BCUT2D eigenvalue weighted by molar-refractivity contribution is 7.99. The van der Waals surface area contributed by atoms with Crippen molar-refractivity contribution >= 4 is 17.7 Å². The number of amides is 1. The van der Waals surface area contributed by atoms with Crippen molar-refractivity contribution in [1.82, 2.24) is 10.6 Å². The first-order chi connectivity index (χ1) is 7.69. The standard InChI is InChI=1S/C12H24N2OS/c1-4-13-8-9(2)12(15)14-10-6-5-7-11(10)16-3/h9-11,13H,4-8H2,1-3H3,(H,14,15). The Morgan fingerprint density at radius 1 is 1.50 bits per heavy atom. The second-order valence-corrected chi connectivity index (χ2v) is 5.61. The highest BCUT2D eigenvalue weighted by atomic mass is 32.2. The maximum Gasteiger partial charge on any atom is 0.224 e. The van der Waals surface area contributed by atoms with E-state index in [9.17, 15) is 4.79 Å². The van der Waals surface area contributed by atoms with Crippen molar-refractivity contribution in [2.24, 2.45) is 5.92 Å². The molecule has 3 unspecified atom stereocenters. The number of carbonyl (C=O) groups is 1. The third kappa shape index (κ3) is 3.98. The van der Waals surface area contributed by atoms with E-state index in [1.54, 1.807) is 0 Å². The Labute approximate surface area is 103 Å². The summed E-state index contributed by atoms with van der Waals surface area (Å²) in [5.41, 5.74) is 0. The lowest BCUT2D eigenvalue weighted by molar-refractivity contribution is -0.125. The molecule has 0 aromatic carbocycles. The molecule has 0 aliphatic heterocycles. The van der Waals surface area contributed by atoms with Crippen LogP contribution in [0.3, 0.4) is 0 Å². The fourth-order valence-electron chi connectivity index (χ4n) is 2.15. The molecule has 1 fully saturated rings. The van der Waals surface area contributed by atoms with E-state index in [4.69, 9.17) is 0 Å². The summed E-state index contributed by atoms with van der Waals surface area (Å²) in [5.74, 6) is 0.273. The Bertz CT molecular complexity index is 223. The third-order valence-electron chi connectivity index (χ3n) is 3.23. The largest absolute Gasteiger partial charge is 0.352 e. The Morgan fingerprint density at radius 3 is 2.88 bits per heavy atom. The van der Waals surface area contributed by atoms with Crippen LogP contribution in [-0.4, -0.2) is 36.5 Å². The summed E-state index contributed by atoms with van der Waals surface area (Å²) in [6.07, 6.45) is 5.77. The zero-order valence-electron chi connectivity index (χ0n) is 10.6. The molecular weight excluding hydrogens is 220 g/mol. The number of hydrogen-bond donors (Lipinski definition) is 2. The molecule has 1 amide bonds. The fourth-order valence-corrected chi connectivity index (χ4v) is 3.09. The van der Waals surface area contributed by atoms with E-state index in [0.717, 1.165) is 19.5 Å². The highest BCUT2D eigenvalue weighted by Crippen LogP contribution is 2.28. The Balaban J connectivity index is 2.32. The average Bonchev–Trinajstić information content (AvgIpc) is 2.72. The molecule has 94 valence electrons. The molecule has 1 aliphatic rings. The molecule has 3 atom stereocenters. The van der Waals surface area contributed by atoms with Crippen molar-refractivity contribution in [1.29, 1.82) is 0 Å². The predicted octanol–water partition coefficient (Wildman–Crippen LogP) is 1.63. The summed E-state index contributed by atoms with van der Waals surface area (Å²) < 4.78 is 0. The van der Waals surface area contributed by atoms with Gasteiger partial charge in [-0.2, -0.15) is 11.8 Å². The van der Waals surface area contributed by atoms with Gasteiger partial charge in [-0.1, -0.05) is 20.3 Å². The molecule has 0 bridgehead atoms. The Kier molecular flexibility index (Phi) is 6.21. The van der Waals surface area contributed by atoms with Gasteiger partial charge in [-0.3, -0.25) is 4.79 Å². The van der Waals surface area contributed by atoms with Crippen molar-refractivity contribution in [2.45, 2.75) is 44.4 Å². The van der Waals surface area contributed by atoms with E-state index in [-0.39, 0.29) is 11.8 Å². The SMILES string of the molecule is CCNCC(C)C(=O)NC1CCCC1SC. The lowest BCUT2D eigenvalue weighted by atomic mass is 10.1. The minimum Gasteiger partial charge on any atom is -0.352 e. The average molecular weight is 244 g/mol. The summed E-state index contributed by atoms with van der Waals surface area (Å²) in [4.78, 5) is 11.9. The van der Waals surface area contributed by atoms with Gasteiger partial charge in [-0.25, -0.2) is 0 Å². The predicted molar refractivity (Wildman–Crippen MR) is 70.8 cm³/mol. The topological polar surface area (TPSA) is 41.1 Å². The summed E-state index contributed by atoms with van der Waals surface area (Å²) in [6.45, 7) is 5.75. The second-order valence-electron chi connectivity index (χ2n) is 4.53. The van der Waals surface area contributed by atoms with Gasteiger partial charge in [-0.05, 0) is 25.6 Å². The second kappa shape index (κ2) is 7.17. The maximum absolute atomic E-state index is 11.9. The molecule has 1 aliphatic carbocycles. The van der Waals surface area contributed by atoms with E-state index < -0.39 is 0 Å². The number of carbonyl (C=O) groups excluding carboxylic acids is 1. The smallest absolute Gasteiger partial charge is 0.224 e. The first-order valence-corrected chi connectivity index (χ1v) is 7.51. The van der Waals surface area contributed by atoms with E-state index in [0.29, 0.717) is 11.3 Å². The normalized spacial score (nSPS) is 26.7. The van der Waals surface area contributed by atoms with Crippen molar-refractivity contribution in [2.75, 3.05) is 19.3 Å². The number of rotatable bonds is 6. The minimum atomic E-state index is 0.0723. The zero-order chi connectivity index (χ0) is 12.0. The van der Waals surface area contributed by atoms with Crippen LogP contribution in [0.1, 0.15) is 33.1 Å². The van der Waals surface area contributed by atoms with Crippen LogP contribution in [0.25, 0.3) is 0 Å². The number of thioether (sulfide) groups is 1. The molecule has 0 radical (unpaired) electrons. The molecule has 0 aromatic rings. The number of hydrogen-bond acceptors (Lipinski definition) is 3. The Morgan fingerprint density at radius 2 is 2.25 bits per heavy atom. The van der Waals surface area contributed by atoms with Crippen LogP contribution in [0.4, 0.5) is 0 Å². The van der Waals surface area contributed by atoms with Gasteiger partial charge in [0.25, 0.3) is 0 Å².